The fourth-order valence-corrected chi connectivity index (χ4v) is 1.89. The summed E-state index contributed by atoms with van der Waals surface area (Å²) in [5, 5.41) is 8.23. The third-order valence-corrected chi connectivity index (χ3v) is 2.80. The van der Waals surface area contributed by atoms with Crippen LogP contribution in [0.5, 0.6) is 0 Å². The van der Waals surface area contributed by atoms with E-state index in [9.17, 15) is 0 Å². The number of nitrogens with zero attached hydrogens (tertiary/aromatic N) is 2. The number of hydrogen-bond acceptors (Lipinski definition) is 2. The molecule has 3 nitrogen and oxygen atoms in total. The Kier molecular flexibility index (Phi) is 2.72. The topological polar surface area (TPSA) is 29.9 Å². The number of nitrogens with one attached hydrogen (secondary N) is 1. The molecule has 0 amide bonds. The van der Waals surface area contributed by atoms with Crippen LogP contribution in [0.25, 0.3) is 0 Å². The van der Waals surface area contributed by atoms with Gasteiger partial charge >= 0.3 is 0 Å². The molecule has 1 N–H and O–H groups in total. The standard InChI is InChI=1S/C13H23N3/c1-9(2)14-12-8-11(10-6-7-10)15-16(12)13(3,4)5/h8-10,14H,6-7H2,1-5H3. The Morgan fingerprint density at radius 2 is 2.00 bits per heavy atom. The molecular formula is C13H23N3. The molecule has 90 valence electrons. The Hall–Kier alpha value is -0.990. The second-order valence-corrected chi connectivity index (χ2v) is 6.11. The van der Waals surface area contributed by atoms with E-state index >= 15 is 0 Å². The molecule has 0 spiro atoms. The van der Waals surface area contributed by atoms with Gasteiger partial charge in [-0.15, -0.1) is 0 Å². The van der Waals surface area contributed by atoms with Gasteiger partial charge < -0.3 is 5.32 Å². The maximum Gasteiger partial charge on any atom is 0.125 e. The van der Waals surface area contributed by atoms with Crippen LogP contribution in [0.2, 0.25) is 0 Å². The average molecular weight is 221 g/mol. The van der Waals surface area contributed by atoms with Crippen LogP contribution in [-0.4, -0.2) is 15.8 Å². The lowest BCUT2D eigenvalue weighted by molar-refractivity contribution is 0.357. The fourth-order valence-electron chi connectivity index (χ4n) is 1.89. The minimum Gasteiger partial charge on any atom is -0.368 e. The molecular weight excluding hydrogens is 198 g/mol. The van der Waals surface area contributed by atoms with Crippen molar-refractivity contribution in [1.82, 2.24) is 9.78 Å². The summed E-state index contributed by atoms with van der Waals surface area (Å²) in [6.07, 6.45) is 2.62. The van der Waals surface area contributed by atoms with E-state index in [1.807, 2.05) is 0 Å². The van der Waals surface area contributed by atoms with Gasteiger partial charge in [0, 0.05) is 18.0 Å². The zero-order chi connectivity index (χ0) is 11.9. The molecule has 0 atom stereocenters. The summed E-state index contributed by atoms with van der Waals surface area (Å²) in [6, 6.07) is 2.67. The summed E-state index contributed by atoms with van der Waals surface area (Å²) in [4.78, 5) is 0. The third kappa shape index (κ3) is 2.39. The Labute approximate surface area is 98.2 Å². The van der Waals surface area contributed by atoms with Crippen molar-refractivity contribution in [3.05, 3.63) is 11.8 Å². The highest BCUT2D eigenvalue weighted by Crippen LogP contribution is 2.40. The van der Waals surface area contributed by atoms with Gasteiger partial charge in [-0.25, -0.2) is 4.68 Å². The molecule has 0 unspecified atom stereocenters. The zero-order valence-electron chi connectivity index (χ0n) is 11.0. The lowest BCUT2D eigenvalue weighted by atomic mass is 10.1. The van der Waals surface area contributed by atoms with Gasteiger partial charge in [0.15, 0.2) is 0 Å². The van der Waals surface area contributed by atoms with Crippen molar-refractivity contribution in [2.45, 2.75) is 65.0 Å². The van der Waals surface area contributed by atoms with Crippen molar-refractivity contribution in [1.29, 1.82) is 0 Å². The lowest BCUT2D eigenvalue weighted by Crippen LogP contribution is -2.26. The van der Waals surface area contributed by atoms with Crippen molar-refractivity contribution in [2.24, 2.45) is 0 Å². The Balaban J connectivity index is 2.31. The van der Waals surface area contributed by atoms with Crippen LogP contribution in [0.1, 0.15) is 59.1 Å². The normalized spacial score (nSPS) is 16.9. The molecule has 0 saturated heterocycles. The molecule has 0 radical (unpaired) electrons. The van der Waals surface area contributed by atoms with E-state index in [0.29, 0.717) is 6.04 Å². The molecule has 1 aromatic rings. The molecule has 1 saturated carbocycles. The first-order chi connectivity index (χ1) is 7.38. The van der Waals surface area contributed by atoms with E-state index in [0.717, 1.165) is 11.7 Å². The van der Waals surface area contributed by atoms with Gasteiger partial charge in [-0.2, -0.15) is 5.10 Å². The van der Waals surface area contributed by atoms with Crippen molar-refractivity contribution in [3.63, 3.8) is 0 Å². The minimum absolute atomic E-state index is 0.0460. The summed E-state index contributed by atoms with van der Waals surface area (Å²) in [6.45, 7) is 10.9. The van der Waals surface area contributed by atoms with Gasteiger partial charge in [-0.3, -0.25) is 0 Å². The summed E-state index contributed by atoms with van der Waals surface area (Å²) in [5.41, 5.74) is 1.31. The summed E-state index contributed by atoms with van der Waals surface area (Å²) in [7, 11) is 0. The molecule has 1 aromatic heterocycles. The first-order valence-electron chi connectivity index (χ1n) is 6.25. The van der Waals surface area contributed by atoms with E-state index in [1.54, 1.807) is 0 Å². The summed E-state index contributed by atoms with van der Waals surface area (Å²) < 4.78 is 2.13. The molecule has 3 heteroatoms. The molecule has 1 aliphatic carbocycles. The third-order valence-electron chi connectivity index (χ3n) is 2.80. The predicted molar refractivity (Wildman–Crippen MR) is 68.0 cm³/mol. The minimum atomic E-state index is 0.0460. The van der Waals surface area contributed by atoms with Crippen LogP contribution in [0.4, 0.5) is 5.82 Å². The second-order valence-electron chi connectivity index (χ2n) is 6.11. The van der Waals surface area contributed by atoms with Crippen LogP contribution in [0, 0.1) is 0 Å². The van der Waals surface area contributed by atoms with Crippen molar-refractivity contribution >= 4 is 5.82 Å². The van der Waals surface area contributed by atoms with Gasteiger partial charge in [0.25, 0.3) is 0 Å². The monoisotopic (exact) mass is 221 g/mol. The zero-order valence-corrected chi connectivity index (χ0v) is 11.0. The van der Waals surface area contributed by atoms with Gasteiger partial charge in [0.1, 0.15) is 5.82 Å². The van der Waals surface area contributed by atoms with Gasteiger partial charge in [0.2, 0.25) is 0 Å². The van der Waals surface area contributed by atoms with E-state index in [-0.39, 0.29) is 5.54 Å². The maximum atomic E-state index is 4.75. The Morgan fingerprint density at radius 1 is 1.38 bits per heavy atom. The van der Waals surface area contributed by atoms with Crippen molar-refractivity contribution in [3.8, 4) is 0 Å². The van der Waals surface area contributed by atoms with E-state index in [4.69, 9.17) is 5.10 Å². The smallest absolute Gasteiger partial charge is 0.125 e. The van der Waals surface area contributed by atoms with Gasteiger partial charge in [-0.1, -0.05) is 0 Å². The van der Waals surface area contributed by atoms with E-state index in [2.05, 4.69) is 50.7 Å². The summed E-state index contributed by atoms with van der Waals surface area (Å²) >= 11 is 0. The molecule has 16 heavy (non-hydrogen) atoms. The SMILES string of the molecule is CC(C)Nc1cc(C2CC2)nn1C(C)(C)C. The number of rotatable bonds is 3. The fraction of sp³-hybridized carbons (Fsp3) is 0.769. The van der Waals surface area contributed by atoms with Crippen LogP contribution >= 0.6 is 0 Å². The molecule has 1 fully saturated rings. The first kappa shape index (κ1) is 11.5. The molecule has 1 aliphatic rings. The highest BCUT2D eigenvalue weighted by Gasteiger charge is 2.29. The molecule has 0 aromatic carbocycles. The van der Waals surface area contributed by atoms with Crippen molar-refractivity contribution in [2.75, 3.05) is 5.32 Å². The Bertz CT molecular complexity index is 367. The van der Waals surface area contributed by atoms with Crippen LogP contribution < -0.4 is 5.32 Å². The second kappa shape index (κ2) is 3.79. The lowest BCUT2D eigenvalue weighted by Gasteiger charge is -2.23. The highest BCUT2D eigenvalue weighted by molar-refractivity contribution is 5.40. The number of hydrogen-bond donors (Lipinski definition) is 1. The molecule has 2 rings (SSSR count). The largest absolute Gasteiger partial charge is 0.368 e. The highest BCUT2D eigenvalue weighted by atomic mass is 15.4. The van der Waals surface area contributed by atoms with Crippen molar-refractivity contribution < 1.29 is 0 Å². The summed E-state index contributed by atoms with van der Waals surface area (Å²) in [5.74, 6) is 1.88. The Morgan fingerprint density at radius 3 is 2.44 bits per heavy atom. The maximum absolute atomic E-state index is 4.75. The average Bonchev–Trinajstić information content (AvgIpc) is 2.86. The van der Waals surface area contributed by atoms with Gasteiger partial charge in [0.05, 0.1) is 11.2 Å². The predicted octanol–water partition coefficient (Wildman–Crippen LogP) is 3.34. The van der Waals surface area contributed by atoms with Gasteiger partial charge in [-0.05, 0) is 47.5 Å². The van der Waals surface area contributed by atoms with Crippen LogP contribution in [0.3, 0.4) is 0 Å². The van der Waals surface area contributed by atoms with Crippen LogP contribution in [0.15, 0.2) is 6.07 Å². The number of anilines is 1. The van der Waals surface area contributed by atoms with E-state index < -0.39 is 0 Å². The molecule has 0 aliphatic heterocycles. The number of aromatic nitrogens is 2. The van der Waals surface area contributed by atoms with E-state index in [1.165, 1.54) is 18.5 Å². The van der Waals surface area contributed by atoms with Crippen LogP contribution in [-0.2, 0) is 5.54 Å². The molecule has 1 heterocycles. The molecule has 0 bridgehead atoms. The first-order valence-corrected chi connectivity index (χ1v) is 6.25. The quantitative estimate of drug-likeness (QED) is 0.848.